The predicted octanol–water partition coefficient (Wildman–Crippen LogP) is 1.48. The van der Waals surface area contributed by atoms with Gasteiger partial charge < -0.3 is 15.1 Å². The van der Waals surface area contributed by atoms with Gasteiger partial charge in [-0.3, -0.25) is 9.59 Å². The van der Waals surface area contributed by atoms with Gasteiger partial charge in [-0.25, -0.2) is 0 Å². The maximum atomic E-state index is 12.6. The summed E-state index contributed by atoms with van der Waals surface area (Å²) in [4.78, 5) is 28.8. The number of rotatable bonds is 8. The van der Waals surface area contributed by atoms with Gasteiger partial charge >= 0.3 is 0 Å². The molecule has 1 aliphatic heterocycles. The second kappa shape index (κ2) is 8.37. The third kappa shape index (κ3) is 5.30. The van der Waals surface area contributed by atoms with Crippen molar-refractivity contribution >= 4 is 11.8 Å². The zero-order chi connectivity index (χ0) is 16.0. The minimum absolute atomic E-state index is 0.00959. The van der Waals surface area contributed by atoms with E-state index in [1.54, 1.807) is 0 Å². The van der Waals surface area contributed by atoms with E-state index in [2.05, 4.69) is 24.1 Å². The molecular formula is C16H31N3O2. The van der Waals surface area contributed by atoms with E-state index in [9.17, 15) is 9.59 Å². The van der Waals surface area contributed by atoms with Gasteiger partial charge in [0, 0.05) is 6.54 Å². The lowest BCUT2D eigenvalue weighted by Gasteiger charge is -2.39. The summed E-state index contributed by atoms with van der Waals surface area (Å²) in [5.74, 6) is 0.503. The van der Waals surface area contributed by atoms with Crippen molar-refractivity contribution in [2.45, 2.75) is 58.5 Å². The quantitative estimate of drug-likeness (QED) is 0.691. The van der Waals surface area contributed by atoms with Crippen LogP contribution in [0.3, 0.4) is 0 Å². The molecule has 0 aliphatic carbocycles. The van der Waals surface area contributed by atoms with Crippen molar-refractivity contribution in [1.29, 1.82) is 0 Å². The molecule has 0 radical (unpaired) electrons. The molecular weight excluding hydrogens is 266 g/mol. The minimum Gasteiger partial charge on any atom is -0.342 e. The van der Waals surface area contributed by atoms with E-state index < -0.39 is 0 Å². The third-order valence-electron chi connectivity index (χ3n) is 3.92. The highest BCUT2D eigenvalue weighted by molar-refractivity contribution is 5.96. The number of hydrogen-bond acceptors (Lipinski definition) is 3. The van der Waals surface area contributed by atoms with E-state index in [0.717, 1.165) is 25.8 Å². The summed E-state index contributed by atoms with van der Waals surface area (Å²) < 4.78 is 0. The van der Waals surface area contributed by atoms with E-state index in [0.29, 0.717) is 18.9 Å². The smallest absolute Gasteiger partial charge is 0.245 e. The van der Waals surface area contributed by atoms with Gasteiger partial charge in [0.2, 0.25) is 11.8 Å². The highest BCUT2D eigenvalue weighted by Crippen LogP contribution is 2.18. The number of nitrogens with one attached hydrogen (secondary N) is 1. The molecule has 21 heavy (non-hydrogen) atoms. The van der Waals surface area contributed by atoms with Crippen LogP contribution in [0.25, 0.3) is 0 Å². The van der Waals surface area contributed by atoms with Crippen molar-refractivity contribution in [3.05, 3.63) is 0 Å². The molecule has 0 spiro atoms. The number of unbranched alkanes of at least 4 members (excludes halogenated alkanes) is 1. The Morgan fingerprint density at radius 1 is 1.24 bits per heavy atom. The number of carbonyl (C=O) groups excluding carboxylic acids is 2. The second-order valence-electron chi connectivity index (χ2n) is 6.66. The molecule has 0 saturated carbocycles. The zero-order valence-electron chi connectivity index (χ0n) is 14.2. The molecule has 1 saturated heterocycles. The molecule has 1 heterocycles. The molecule has 0 bridgehead atoms. The van der Waals surface area contributed by atoms with Crippen molar-refractivity contribution in [3.63, 3.8) is 0 Å². The molecule has 1 fully saturated rings. The standard InChI is InChI=1S/C16H31N3O2/c1-6-14-15(20)17-13(11-12(2)3)16(21)19(14)10-8-7-9-18(4)5/h12-14H,6-11H2,1-5H3,(H,17,20). The number of hydrogen-bond donors (Lipinski definition) is 1. The lowest BCUT2D eigenvalue weighted by molar-refractivity contribution is -0.150. The molecule has 1 N–H and O–H groups in total. The second-order valence-corrected chi connectivity index (χ2v) is 6.66. The van der Waals surface area contributed by atoms with E-state index in [-0.39, 0.29) is 23.9 Å². The molecule has 0 aromatic heterocycles. The van der Waals surface area contributed by atoms with Gasteiger partial charge in [0.05, 0.1) is 0 Å². The van der Waals surface area contributed by atoms with E-state index in [1.807, 2.05) is 25.9 Å². The van der Waals surface area contributed by atoms with Gasteiger partial charge in [-0.1, -0.05) is 20.8 Å². The first-order valence-corrected chi connectivity index (χ1v) is 8.12. The van der Waals surface area contributed by atoms with Crippen LogP contribution in [0.2, 0.25) is 0 Å². The summed E-state index contributed by atoms with van der Waals surface area (Å²) in [5.41, 5.74) is 0. The summed E-state index contributed by atoms with van der Waals surface area (Å²) in [6, 6.07) is -0.630. The van der Waals surface area contributed by atoms with Gasteiger partial charge in [-0.15, -0.1) is 0 Å². The van der Waals surface area contributed by atoms with Gasteiger partial charge in [-0.2, -0.15) is 0 Å². The monoisotopic (exact) mass is 297 g/mol. The molecule has 5 nitrogen and oxygen atoms in total. The normalized spacial score (nSPS) is 23.1. The number of piperazine rings is 1. The maximum absolute atomic E-state index is 12.6. The lowest BCUT2D eigenvalue weighted by Crippen LogP contribution is -2.63. The van der Waals surface area contributed by atoms with Crippen molar-refractivity contribution < 1.29 is 9.59 Å². The fourth-order valence-electron chi connectivity index (χ4n) is 2.84. The third-order valence-corrected chi connectivity index (χ3v) is 3.92. The maximum Gasteiger partial charge on any atom is 0.245 e. The Kier molecular flexibility index (Phi) is 7.15. The van der Waals surface area contributed by atoms with Crippen LogP contribution in [-0.2, 0) is 9.59 Å². The first kappa shape index (κ1) is 18.0. The molecule has 2 amide bonds. The van der Waals surface area contributed by atoms with Crippen LogP contribution in [-0.4, -0.2) is 60.9 Å². The summed E-state index contributed by atoms with van der Waals surface area (Å²) in [6.07, 6.45) is 3.39. The Bertz CT molecular complexity index is 355. The van der Waals surface area contributed by atoms with Gasteiger partial charge in [0.1, 0.15) is 12.1 Å². The fourth-order valence-corrected chi connectivity index (χ4v) is 2.84. The minimum atomic E-state index is -0.339. The predicted molar refractivity (Wildman–Crippen MR) is 85.0 cm³/mol. The van der Waals surface area contributed by atoms with Crippen LogP contribution >= 0.6 is 0 Å². The number of carbonyl (C=O) groups is 2. The van der Waals surface area contributed by atoms with E-state index in [4.69, 9.17) is 0 Å². The molecule has 122 valence electrons. The van der Waals surface area contributed by atoms with Crippen molar-refractivity contribution in [1.82, 2.24) is 15.1 Å². The Balaban J connectivity index is 2.65. The van der Waals surface area contributed by atoms with Crippen LogP contribution in [0, 0.1) is 5.92 Å². The van der Waals surface area contributed by atoms with Crippen LogP contribution in [0.15, 0.2) is 0 Å². The summed E-state index contributed by atoms with van der Waals surface area (Å²) in [7, 11) is 4.10. The largest absolute Gasteiger partial charge is 0.342 e. The summed E-state index contributed by atoms with van der Waals surface area (Å²) in [5, 5.41) is 2.90. The highest BCUT2D eigenvalue weighted by Gasteiger charge is 2.39. The first-order valence-electron chi connectivity index (χ1n) is 8.12. The molecule has 2 unspecified atom stereocenters. The summed E-state index contributed by atoms with van der Waals surface area (Å²) in [6.45, 7) is 7.82. The van der Waals surface area contributed by atoms with Crippen LogP contribution < -0.4 is 5.32 Å². The Labute approximate surface area is 129 Å². The van der Waals surface area contributed by atoms with E-state index in [1.165, 1.54) is 0 Å². The van der Waals surface area contributed by atoms with Crippen LogP contribution in [0.1, 0.15) is 46.5 Å². The SMILES string of the molecule is CCC1C(=O)NC(CC(C)C)C(=O)N1CCCCN(C)C. The number of amides is 2. The van der Waals surface area contributed by atoms with Gasteiger partial charge in [-0.05, 0) is 52.2 Å². The van der Waals surface area contributed by atoms with Crippen molar-refractivity contribution in [2.24, 2.45) is 5.92 Å². The van der Waals surface area contributed by atoms with Gasteiger partial charge in [0.15, 0.2) is 0 Å². The van der Waals surface area contributed by atoms with Crippen molar-refractivity contribution in [2.75, 3.05) is 27.2 Å². The van der Waals surface area contributed by atoms with Crippen LogP contribution in [0.4, 0.5) is 0 Å². The molecule has 5 heteroatoms. The molecule has 1 rings (SSSR count). The van der Waals surface area contributed by atoms with Gasteiger partial charge in [0.25, 0.3) is 0 Å². The average Bonchev–Trinajstić information content (AvgIpc) is 2.38. The van der Waals surface area contributed by atoms with Crippen LogP contribution in [0.5, 0.6) is 0 Å². The molecule has 0 aromatic rings. The average molecular weight is 297 g/mol. The highest BCUT2D eigenvalue weighted by atomic mass is 16.2. The molecule has 0 aromatic carbocycles. The lowest BCUT2D eigenvalue weighted by atomic mass is 9.97. The van der Waals surface area contributed by atoms with Crippen molar-refractivity contribution in [3.8, 4) is 0 Å². The first-order chi connectivity index (χ1) is 9.86. The molecule has 2 atom stereocenters. The van der Waals surface area contributed by atoms with E-state index >= 15 is 0 Å². The Morgan fingerprint density at radius 3 is 2.43 bits per heavy atom. The Morgan fingerprint density at radius 2 is 1.90 bits per heavy atom. The summed E-state index contributed by atoms with van der Waals surface area (Å²) >= 11 is 0. The number of nitrogens with zero attached hydrogens (tertiary/aromatic N) is 2. The fraction of sp³-hybridized carbons (Fsp3) is 0.875. The topological polar surface area (TPSA) is 52.7 Å². The Hall–Kier alpha value is -1.10. The molecule has 1 aliphatic rings. The zero-order valence-corrected chi connectivity index (χ0v) is 14.2.